The predicted molar refractivity (Wildman–Crippen MR) is 62.6 cm³/mol. The molecule has 2 N–H and O–H groups in total. The van der Waals surface area contributed by atoms with Crippen molar-refractivity contribution in [3.8, 4) is 0 Å². The lowest BCUT2D eigenvalue weighted by atomic mass is 10.0. The van der Waals surface area contributed by atoms with Gasteiger partial charge in [0.15, 0.2) is 0 Å². The van der Waals surface area contributed by atoms with E-state index in [9.17, 15) is 0 Å². The first-order chi connectivity index (χ1) is 6.77. The van der Waals surface area contributed by atoms with Crippen LogP contribution in [0.3, 0.4) is 0 Å². The largest absolute Gasteiger partial charge is 0.398 e. The van der Waals surface area contributed by atoms with E-state index in [2.05, 4.69) is 22.0 Å². The van der Waals surface area contributed by atoms with Crippen LogP contribution in [0.5, 0.6) is 0 Å². The van der Waals surface area contributed by atoms with E-state index < -0.39 is 0 Å². The van der Waals surface area contributed by atoms with Gasteiger partial charge in [-0.2, -0.15) is 0 Å². The Morgan fingerprint density at radius 1 is 1.21 bits per heavy atom. The predicted octanol–water partition coefficient (Wildman–Crippen LogP) is 3.40. The normalized spacial score (nSPS) is 19.8. The summed E-state index contributed by atoms with van der Waals surface area (Å²) < 4.78 is 1.29. The molecule has 2 aliphatic carbocycles. The second-order valence-electron chi connectivity index (χ2n) is 4.45. The summed E-state index contributed by atoms with van der Waals surface area (Å²) in [6.45, 7) is 0. The number of nitrogen functional groups attached to an aromatic ring is 1. The van der Waals surface area contributed by atoms with E-state index in [-0.39, 0.29) is 0 Å². The minimum atomic E-state index is 0.761. The van der Waals surface area contributed by atoms with Gasteiger partial charge in [-0.15, -0.1) is 0 Å². The van der Waals surface area contributed by atoms with E-state index in [4.69, 9.17) is 5.73 Å². The maximum Gasteiger partial charge on any atom is 0.0385 e. The van der Waals surface area contributed by atoms with Gasteiger partial charge >= 0.3 is 0 Å². The van der Waals surface area contributed by atoms with Crippen molar-refractivity contribution in [3.63, 3.8) is 0 Å². The molecule has 0 atom stereocenters. The molecule has 1 aromatic rings. The molecule has 74 valence electrons. The molecule has 1 fully saturated rings. The van der Waals surface area contributed by atoms with Crippen molar-refractivity contribution < 1.29 is 0 Å². The lowest BCUT2D eigenvalue weighted by Crippen LogP contribution is -1.99. The topological polar surface area (TPSA) is 26.0 Å². The molecule has 14 heavy (non-hydrogen) atoms. The Labute approximate surface area is 92.8 Å². The zero-order valence-corrected chi connectivity index (χ0v) is 9.73. The fourth-order valence-corrected chi connectivity index (χ4v) is 3.20. The van der Waals surface area contributed by atoms with Crippen molar-refractivity contribution in [2.24, 2.45) is 0 Å². The van der Waals surface area contributed by atoms with Crippen molar-refractivity contribution in [1.82, 2.24) is 0 Å². The number of rotatable bonds is 1. The molecule has 1 aromatic carbocycles. The lowest BCUT2D eigenvalue weighted by molar-refractivity contribution is 0.911. The molecular weight excluding hydrogens is 238 g/mol. The van der Waals surface area contributed by atoms with Crippen LogP contribution >= 0.6 is 15.9 Å². The molecule has 2 heteroatoms. The number of benzene rings is 1. The van der Waals surface area contributed by atoms with E-state index in [1.165, 1.54) is 53.3 Å². The molecule has 2 aliphatic rings. The van der Waals surface area contributed by atoms with Crippen LogP contribution < -0.4 is 5.73 Å². The van der Waals surface area contributed by atoms with Crippen molar-refractivity contribution in [2.45, 2.75) is 38.0 Å². The molecule has 0 saturated heterocycles. The summed E-state index contributed by atoms with van der Waals surface area (Å²) in [6, 6.07) is 2.26. The van der Waals surface area contributed by atoms with Crippen LogP contribution in [0.1, 0.15) is 41.9 Å². The van der Waals surface area contributed by atoms with Gasteiger partial charge in [0.05, 0.1) is 0 Å². The number of anilines is 1. The van der Waals surface area contributed by atoms with Crippen molar-refractivity contribution in [1.29, 1.82) is 0 Å². The van der Waals surface area contributed by atoms with Crippen LogP contribution in [0.15, 0.2) is 10.5 Å². The molecular formula is C12H14BrN. The first-order valence-corrected chi connectivity index (χ1v) is 6.16. The Kier molecular flexibility index (Phi) is 1.88. The average Bonchev–Trinajstić information content (AvgIpc) is 2.88. The summed E-state index contributed by atoms with van der Waals surface area (Å²) in [4.78, 5) is 0. The summed E-state index contributed by atoms with van der Waals surface area (Å²) >= 11 is 3.67. The molecule has 0 spiro atoms. The quantitative estimate of drug-likeness (QED) is 0.761. The summed E-state index contributed by atoms with van der Waals surface area (Å²) in [5.74, 6) is 0.761. The Balaban J connectivity index is 2.19. The minimum Gasteiger partial charge on any atom is -0.398 e. The van der Waals surface area contributed by atoms with Gasteiger partial charge in [0.1, 0.15) is 0 Å². The van der Waals surface area contributed by atoms with Gasteiger partial charge in [-0.05, 0) is 60.8 Å². The third kappa shape index (κ3) is 1.20. The van der Waals surface area contributed by atoms with Gasteiger partial charge in [-0.25, -0.2) is 0 Å². The monoisotopic (exact) mass is 251 g/mol. The molecule has 3 rings (SSSR count). The Morgan fingerprint density at radius 2 is 1.93 bits per heavy atom. The van der Waals surface area contributed by atoms with Crippen LogP contribution in [-0.4, -0.2) is 0 Å². The Hall–Kier alpha value is -0.500. The third-order valence-corrected chi connectivity index (χ3v) is 4.15. The van der Waals surface area contributed by atoms with Gasteiger partial charge in [0, 0.05) is 10.2 Å². The van der Waals surface area contributed by atoms with Crippen LogP contribution in [-0.2, 0) is 12.8 Å². The van der Waals surface area contributed by atoms with Crippen LogP contribution in [0, 0.1) is 0 Å². The van der Waals surface area contributed by atoms with E-state index in [0.29, 0.717) is 0 Å². The van der Waals surface area contributed by atoms with Gasteiger partial charge in [0.2, 0.25) is 0 Å². The number of fused-ring (bicyclic) bond motifs is 1. The molecule has 0 heterocycles. The summed E-state index contributed by atoms with van der Waals surface area (Å²) in [6.07, 6.45) is 6.31. The highest BCUT2D eigenvalue weighted by atomic mass is 79.9. The highest BCUT2D eigenvalue weighted by Gasteiger charge is 2.29. The molecule has 1 saturated carbocycles. The third-order valence-electron chi connectivity index (χ3n) is 3.44. The lowest BCUT2D eigenvalue weighted by Gasteiger charge is -2.11. The molecule has 0 aliphatic heterocycles. The smallest absolute Gasteiger partial charge is 0.0385 e. The van der Waals surface area contributed by atoms with Gasteiger partial charge in [-0.3, -0.25) is 0 Å². The van der Waals surface area contributed by atoms with Gasteiger partial charge in [-0.1, -0.05) is 15.9 Å². The summed E-state index contributed by atoms with van der Waals surface area (Å²) in [5.41, 5.74) is 11.6. The maximum absolute atomic E-state index is 6.22. The molecule has 0 radical (unpaired) electrons. The Bertz CT molecular complexity index is 394. The SMILES string of the molecule is Nc1c(C2CC2)cc(Br)c2c1CCC2. The van der Waals surface area contributed by atoms with E-state index in [1.807, 2.05) is 0 Å². The van der Waals surface area contributed by atoms with E-state index in [1.54, 1.807) is 0 Å². The van der Waals surface area contributed by atoms with Crippen LogP contribution in [0.2, 0.25) is 0 Å². The number of hydrogen-bond donors (Lipinski definition) is 1. The number of hydrogen-bond acceptors (Lipinski definition) is 1. The number of nitrogens with two attached hydrogens (primary N) is 1. The summed E-state index contributed by atoms with van der Waals surface area (Å²) in [7, 11) is 0. The van der Waals surface area contributed by atoms with Crippen molar-refractivity contribution >= 4 is 21.6 Å². The highest BCUT2D eigenvalue weighted by molar-refractivity contribution is 9.10. The first kappa shape index (κ1) is 8.78. The second-order valence-corrected chi connectivity index (χ2v) is 5.30. The zero-order valence-electron chi connectivity index (χ0n) is 8.15. The van der Waals surface area contributed by atoms with Gasteiger partial charge in [0.25, 0.3) is 0 Å². The van der Waals surface area contributed by atoms with Crippen LogP contribution in [0.4, 0.5) is 5.69 Å². The minimum absolute atomic E-state index is 0.761. The molecule has 0 unspecified atom stereocenters. The zero-order chi connectivity index (χ0) is 9.71. The van der Waals surface area contributed by atoms with Crippen LogP contribution in [0.25, 0.3) is 0 Å². The fourth-order valence-electron chi connectivity index (χ4n) is 2.51. The number of halogens is 1. The highest BCUT2D eigenvalue weighted by Crippen LogP contribution is 2.47. The average molecular weight is 252 g/mol. The second kappa shape index (κ2) is 2.99. The molecule has 0 aromatic heterocycles. The standard InChI is InChI=1S/C12H14BrN/c13-11-6-10(7-4-5-7)12(14)9-3-1-2-8(9)11/h6-7H,1-5,14H2. The maximum atomic E-state index is 6.22. The van der Waals surface area contributed by atoms with E-state index in [0.717, 1.165) is 11.6 Å². The van der Waals surface area contributed by atoms with E-state index >= 15 is 0 Å². The first-order valence-electron chi connectivity index (χ1n) is 5.37. The summed E-state index contributed by atoms with van der Waals surface area (Å²) in [5, 5.41) is 0. The van der Waals surface area contributed by atoms with Crippen molar-refractivity contribution in [2.75, 3.05) is 5.73 Å². The molecule has 1 nitrogen and oxygen atoms in total. The van der Waals surface area contributed by atoms with Gasteiger partial charge < -0.3 is 5.73 Å². The molecule has 0 bridgehead atoms. The Morgan fingerprint density at radius 3 is 2.64 bits per heavy atom. The fraction of sp³-hybridized carbons (Fsp3) is 0.500. The van der Waals surface area contributed by atoms with Crippen molar-refractivity contribution in [3.05, 3.63) is 27.2 Å². The molecule has 0 amide bonds.